The van der Waals surface area contributed by atoms with Gasteiger partial charge in [-0.2, -0.15) is 0 Å². The summed E-state index contributed by atoms with van der Waals surface area (Å²) in [7, 11) is 2.04. The van der Waals surface area contributed by atoms with Gasteiger partial charge in [-0.05, 0) is 44.5 Å². The second-order valence-corrected chi connectivity index (χ2v) is 6.67. The second kappa shape index (κ2) is 9.26. The van der Waals surface area contributed by atoms with Gasteiger partial charge >= 0.3 is 0 Å². The third-order valence-corrected chi connectivity index (χ3v) is 4.57. The molecule has 6 heteroatoms. The standard InChI is InChI=1S/C22H29N5O/c1-5-23-22(24-14-17-12-11-16(3)13-20(17)28-6-2)25-15-21-26-18-9-7-8-10-19(18)27(21)4/h7-13H,5-6,14-15H2,1-4H3,(H2,23,24,25). The average molecular weight is 380 g/mol. The van der Waals surface area contributed by atoms with E-state index in [1.54, 1.807) is 0 Å². The number of ether oxygens (including phenoxy) is 1. The minimum Gasteiger partial charge on any atom is -0.494 e. The van der Waals surface area contributed by atoms with Gasteiger partial charge in [0.15, 0.2) is 5.96 Å². The van der Waals surface area contributed by atoms with E-state index in [4.69, 9.17) is 14.7 Å². The minimum absolute atomic E-state index is 0.549. The molecule has 0 radical (unpaired) electrons. The molecule has 3 aromatic rings. The zero-order valence-electron chi connectivity index (χ0n) is 17.1. The molecule has 0 saturated carbocycles. The highest BCUT2D eigenvalue weighted by molar-refractivity contribution is 5.80. The highest BCUT2D eigenvalue weighted by atomic mass is 16.5. The Morgan fingerprint density at radius 1 is 1.14 bits per heavy atom. The van der Waals surface area contributed by atoms with Crippen LogP contribution in [0.5, 0.6) is 5.75 Å². The molecule has 0 spiro atoms. The quantitative estimate of drug-likeness (QED) is 0.487. The Labute approximate surface area is 166 Å². The fourth-order valence-electron chi connectivity index (χ4n) is 3.10. The lowest BCUT2D eigenvalue weighted by molar-refractivity contribution is 0.336. The zero-order valence-corrected chi connectivity index (χ0v) is 17.1. The lowest BCUT2D eigenvalue weighted by Gasteiger charge is -2.13. The molecule has 0 aliphatic heterocycles. The molecule has 2 aromatic carbocycles. The smallest absolute Gasteiger partial charge is 0.191 e. The van der Waals surface area contributed by atoms with Crippen LogP contribution >= 0.6 is 0 Å². The number of imidazole rings is 1. The van der Waals surface area contributed by atoms with Crippen LogP contribution in [0.1, 0.15) is 30.8 Å². The van der Waals surface area contributed by atoms with Crippen molar-refractivity contribution in [2.45, 2.75) is 33.9 Å². The number of guanidine groups is 1. The van der Waals surface area contributed by atoms with Crippen LogP contribution in [0.2, 0.25) is 0 Å². The fourth-order valence-corrected chi connectivity index (χ4v) is 3.10. The molecule has 0 saturated heterocycles. The molecule has 0 atom stereocenters. The zero-order chi connectivity index (χ0) is 19.9. The Morgan fingerprint density at radius 2 is 1.96 bits per heavy atom. The molecule has 1 heterocycles. The fraction of sp³-hybridized carbons (Fsp3) is 0.364. The van der Waals surface area contributed by atoms with E-state index in [1.807, 2.05) is 32.2 Å². The maximum atomic E-state index is 5.77. The van der Waals surface area contributed by atoms with Crippen LogP contribution in [-0.4, -0.2) is 28.7 Å². The number of aryl methyl sites for hydroxylation is 2. The topological polar surface area (TPSA) is 63.5 Å². The number of nitrogens with zero attached hydrogens (tertiary/aromatic N) is 3. The number of hydrogen-bond acceptors (Lipinski definition) is 3. The van der Waals surface area contributed by atoms with Crippen molar-refractivity contribution >= 4 is 17.0 Å². The molecule has 0 bridgehead atoms. The Bertz CT molecular complexity index is 961. The molecule has 28 heavy (non-hydrogen) atoms. The van der Waals surface area contributed by atoms with Crippen molar-refractivity contribution in [2.24, 2.45) is 12.0 Å². The maximum Gasteiger partial charge on any atom is 0.191 e. The van der Waals surface area contributed by atoms with E-state index in [-0.39, 0.29) is 0 Å². The van der Waals surface area contributed by atoms with Crippen LogP contribution in [0.25, 0.3) is 11.0 Å². The van der Waals surface area contributed by atoms with Gasteiger partial charge in [-0.25, -0.2) is 9.98 Å². The SMILES string of the molecule is CCNC(=NCc1ccc(C)cc1OCC)NCc1nc2ccccc2n1C. The highest BCUT2D eigenvalue weighted by Crippen LogP contribution is 2.21. The summed E-state index contributed by atoms with van der Waals surface area (Å²) >= 11 is 0. The van der Waals surface area contributed by atoms with Gasteiger partial charge in [0.05, 0.1) is 30.7 Å². The number of aliphatic imine (C=N–C) groups is 1. The summed E-state index contributed by atoms with van der Waals surface area (Å²) in [6, 6.07) is 14.4. The van der Waals surface area contributed by atoms with Crippen molar-refractivity contribution in [3.63, 3.8) is 0 Å². The summed E-state index contributed by atoms with van der Waals surface area (Å²) < 4.78 is 7.88. The summed E-state index contributed by atoms with van der Waals surface area (Å²) in [5.41, 5.74) is 4.39. The Kier molecular flexibility index (Phi) is 6.53. The highest BCUT2D eigenvalue weighted by Gasteiger charge is 2.08. The Morgan fingerprint density at radius 3 is 2.71 bits per heavy atom. The number of fused-ring (bicyclic) bond motifs is 1. The molecule has 2 N–H and O–H groups in total. The van der Waals surface area contributed by atoms with E-state index < -0.39 is 0 Å². The predicted octanol–water partition coefficient (Wildman–Crippen LogP) is 3.54. The summed E-state index contributed by atoms with van der Waals surface area (Å²) in [6.07, 6.45) is 0. The largest absolute Gasteiger partial charge is 0.494 e. The van der Waals surface area contributed by atoms with Crippen molar-refractivity contribution in [1.82, 2.24) is 20.2 Å². The van der Waals surface area contributed by atoms with Crippen molar-refractivity contribution in [2.75, 3.05) is 13.2 Å². The maximum absolute atomic E-state index is 5.77. The van der Waals surface area contributed by atoms with E-state index in [2.05, 4.69) is 53.3 Å². The van der Waals surface area contributed by atoms with E-state index in [1.165, 1.54) is 5.56 Å². The molecule has 0 aliphatic carbocycles. The molecule has 0 amide bonds. The molecule has 0 unspecified atom stereocenters. The summed E-state index contributed by atoms with van der Waals surface area (Å²) in [5, 5.41) is 6.69. The van der Waals surface area contributed by atoms with E-state index >= 15 is 0 Å². The first kappa shape index (κ1) is 19.7. The van der Waals surface area contributed by atoms with E-state index in [9.17, 15) is 0 Å². The van der Waals surface area contributed by atoms with Gasteiger partial charge in [0.25, 0.3) is 0 Å². The van der Waals surface area contributed by atoms with Crippen LogP contribution in [0, 0.1) is 6.92 Å². The summed E-state index contributed by atoms with van der Waals surface area (Å²) in [4.78, 5) is 9.44. The van der Waals surface area contributed by atoms with E-state index in [0.29, 0.717) is 19.7 Å². The normalized spacial score (nSPS) is 11.6. The first-order chi connectivity index (χ1) is 13.6. The summed E-state index contributed by atoms with van der Waals surface area (Å²) in [5.74, 6) is 2.63. The number of aromatic nitrogens is 2. The van der Waals surface area contributed by atoms with Gasteiger partial charge in [0.2, 0.25) is 0 Å². The lowest BCUT2D eigenvalue weighted by atomic mass is 10.1. The van der Waals surface area contributed by atoms with Crippen LogP contribution in [0.3, 0.4) is 0 Å². The number of nitrogens with one attached hydrogen (secondary N) is 2. The van der Waals surface area contributed by atoms with Gasteiger partial charge in [-0.1, -0.05) is 24.3 Å². The second-order valence-electron chi connectivity index (χ2n) is 6.67. The van der Waals surface area contributed by atoms with E-state index in [0.717, 1.165) is 40.7 Å². The molecular formula is C22H29N5O. The first-order valence-electron chi connectivity index (χ1n) is 9.77. The molecule has 0 aliphatic rings. The van der Waals surface area contributed by atoms with Crippen molar-refractivity contribution < 1.29 is 4.74 Å². The molecule has 0 fully saturated rings. The van der Waals surface area contributed by atoms with Gasteiger partial charge < -0.3 is 19.9 Å². The van der Waals surface area contributed by atoms with Crippen molar-refractivity contribution in [1.29, 1.82) is 0 Å². The molecular weight excluding hydrogens is 350 g/mol. The average Bonchev–Trinajstić information content (AvgIpc) is 3.01. The Balaban J connectivity index is 1.73. The van der Waals surface area contributed by atoms with Crippen LogP contribution in [0.4, 0.5) is 0 Å². The third kappa shape index (κ3) is 4.63. The number of benzene rings is 2. The van der Waals surface area contributed by atoms with Crippen molar-refractivity contribution in [3.8, 4) is 5.75 Å². The van der Waals surface area contributed by atoms with Gasteiger partial charge in [-0.15, -0.1) is 0 Å². The number of rotatable bonds is 7. The predicted molar refractivity (Wildman–Crippen MR) is 115 cm³/mol. The monoisotopic (exact) mass is 379 g/mol. The summed E-state index contributed by atoms with van der Waals surface area (Å²) in [6.45, 7) is 8.71. The lowest BCUT2D eigenvalue weighted by Crippen LogP contribution is -2.37. The van der Waals surface area contributed by atoms with Gasteiger partial charge in [0.1, 0.15) is 11.6 Å². The minimum atomic E-state index is 0.549. The van der Waals surface area contributed by atoms with Crippen LogP contribution < -0.4 is 15.4 Å². The number of hydrogen-bond donors (Lipinski definition) is 2. The molecule has 3 rings (SSSR count). The number of para-hydroxylation sites is 2. The molecule has 6 nitrogen and oxygen atoms in total. The van der Waals surface area contributed by atoms with Gasteiger partial charge in [0, 0.05) is 19.2 Å². The Hall–Kier alpha value is -3.02. The first-order valence-corrected chi connectivity index (χ1v) is 9.77. The van der Waals surface area contributed by atoms with Crippen molar-refractivity contribution in [3.05, 3.63) is 59.4 Å². The third-order valence-electron chi connectivity index (χ3n) is 4.57. The van der Waals surface area contributed by atoms with Crippen LogP contribution in [-0.2, 0) is 20.1 Å². The van der Waals surface area contributed by atoms with Gasteiger partial charge in [-0.3, -0.25) is 0 Å². The van der Waals surface area contributed by atoms with Crippen LogP contribution in [0.15, 0.2) is 47.5 Å². The molecule has 1 aromatic heterocycles. The molecule has 148 valence electrons.